The summed E-state index contributed by atoms with van der Waals surface area (Å²) < 4.78 is 1.12. The molecule has 0 amide bonds. The Labute approximate surface area is 124 Å². The lowest BCUT2D eigenvalue weighted by molar-refractivity contribution is 0.0987. The lowest BCUT2D eigenvalue weighted by Crippen LogP contribution is -2.53. The Morgan fingerprint density at radius 3 is 2.47 bits per heavy atom. The molecule has 0 unspecified atom stereocenters. The van der Waals surface area contributed by atoms with Crippen LogP contribution in [0.25, 0.3) is 0 Å². The van der Waals surface area contributed by atoms with E-state index in [1.54, 1.807) is 0 Å². The van der Waals surface area contributed by atoms with Crippen molar-refractivity contribution in [1.29, 1.82) is 0 Å². The Hall–Kier alpha value is -0.580. The molecule has 2 rings (SSSR count). The summed E-state index contributed by atoms with van der Waals surface area (Å²) in [5.41, 5.74) is 1.46. The lowest BCUT2D eigenvalue weighted by atomic mass is 9.97. The van der Waals surface area contributed by atoms with Crippen LogP contribution in [0.15, 0.2) is 28.7 Å². The standard InChI is InChI=1S/C15H24BrN3/c1-15(2,19-11-9-17-10-12-19)7-8-18-14-5-3-13(16)4-6-14/h3-6,17-18H,7-12H2,1-2H3. The number of rotatable bonds is 5. The lowest BCUT2D eigenvalue weighted by Gasteiger charge is -2.41. The van der Waals surface area contributed by atoms with Crippen LogP contribution >= 0.6 is 15.9 Å². The number of anilines is 1. The number of piperazine rings is 1. The van der Waals surface area contributed by atoms with Gasteiger partial charge in [-0.3, -0.25) is 4.90 Å². The van der Waals surface area contributed by atoms with Crippen molar-refractivity contribution in [3.8, 4) is 0 Å². The molecule has 0 spiro atoms. The second kappa shape index (κ2) is 6.73. The fourth-order valence-electron chi connectivity index (χ4n) is 2.51. The molecule has 1 aliphatic heterocycles. The predicted molar refractivity (Wildman–Crippen MR) is 85.8 cm³/mol. The summed E-state index contributed by atoms with van der Waals surface area (Å²) in [4.78, 5) is 2.59. The smallest absolute Gasteiger partial charge is 0.0340 e. The zero-order valence-corrected chi connectivity index (χ0v) is 13.5. The zero-order valence-electron chi connectivity index (χ0n) is 11.9. The van der Waals surface area contributed by atoms with Crippen LogP contribution in [-0.2, 0) is 0 Å². The highest BCUT2D eigenvalue weighted by molar-refractivity contribution is 9.10. The van der Waals surface area contributed by atoms with Crippen molar-refractivity contribution in [2.75, 3.05) is 38.0 Å². The van der Waals surface area contributed by atoms with E-state index >= 15 is 0 Å². The Balaban J connectivity index is 1.78. The Kier molecular flexibility index (Phi) is 5.25. The van der Waals surface area contributed by atoms with Crippen LogP contribution in [0.3, 0.4) is 0 Å². The van der Waals surface area contributed by atoms with Crippen molar-refractivity contribution in [3.63, 3.8) is 0 Å². The maximum Gasteiger partial charge on any atom is 0.0340 e. The van der Waals surface area contributed by atoms with E-state index in [1.807, 2.05) is 0 Å². The molecule has 106 valence electrons. The zero-order chi connectivity index (χ0) is 13.7. The summed E-state index contributed by atoms with van der Waals surface area (Å²) in [7, 11) is 0. The molecule has 1 heterocycles. The topological polar surface area (TPSA) is 27.3 Å². The van der Waals surface area contributed by atoms with E-state index in [1.165, 1.54) is 5.69 Å². The van der Waals surface area contributed by atoms with Gasteiger partial charge >= 0.3 is 0 Å². The summed E-state index contributed by atoms with van der Waals surface area (Å²) in [5.74, 6) is 0. The SMILES string of the molecule is CC(C)(CCNc1ccc(Br)cc1)N1CCNCC1. The summed E-state index contributed by atoms with van der Waals surface area (Å²) >= 11 is 3.46. The van der Waals surface area contributed by atoms with Gasteiger partial charge in [0.05, 0.1) is 0 Å². The first kappa shape index (κ1) is 14.8. The van der Waals surface area contributed by atoms with Crippen molar-refractivity contribution in [2.45, 2.75) is 25.8 Å². The van der Waals surface area contributed by atoms with Crippen LogP contribution in [0, 0.1) is 0 Å². The molecule has 0 atom stereocenters. The summed E-state index contributed by atoms with van der Waals surface area (Å²) in [5, 5.41) is 6.92. The molecule has 1 aliphatic rings. The third-order valence-corrected chi connectivity index (χ3v) is 4.41. The second-order valence-electron chi connectivity index (χ2n) is 5.73. The number of hydrogen-bond acceptors (Lipinski definition) is 3. The summed E-state index contributed by atoms with van der Waals surface area (Å²) in [6, 6.07) is 8.37. The molecule has 1 fully saturated rings. The van der Waals surface area contributed by atoms with E-state index in [-0.39, 0.29) is 5.54 Å². The maximum absolute atomic E-state index is 3.50. The van der Waals surface area contributed by atoms with Gasteiger partial charge in [0.25, 0.3) is 0 Å². The molecule has 1 aromatic carbocycles. The minimum absolute atomic E-state index is 0.268. The average Bonchev–Trinajstić information content (AvgIpc) is 2.42. The molecule has 0 aliphatic carbocycles. The van der Waals surface area contributed by atoms with Crippen LogP contribution < -0.4 is 10.6 Å². The summed E-state index contributed by atoms with van der Waals surface area (Å²) in [6.45, 7) is 10.3. The number of halogens is 1. The Bertz CT molecular complexity index is 383. The molecular weight excluding hydrogens is 302 g/mol. The molecule has 0 radical (unpaired) electrons. The van der Waals surface area contributed by atoms with Crippen molar-refractivity contribution < 1.29 is 0 Å². The van der Waals surface area contributed by atoms with E-state index in [0.717, 1.165) is 43.6 Å². The number of nitrogens with zero attached hydrogens (tertiary/aromatic N) is 1. The fourth-order valence-corrected chi connectivity index (χ4v) is 2.77. The summed E-state index contributed by atoms with van der Waals surface area (Å²) in [6.07, 6.45) is 1.16. The maximum atomic E-state index is 3.50. The molecule has 1 aromatic rings. The molecule has 19 heavy (non-hydrogen) atoms. The van der Waals surface area contributed by atoms with E-state index in [2.05, 4.69) is 69.6 Å². The van der Waals surface area contributed by atoms with E-state index < -0.39 is 0 Å². The highest BCUT2D eigenvalue weighted by atomic mass is 79.9. The second-order valence-corrected chi connectivity index (χ2v) is 6.65. The fraction of sp³-hybridized carbons (Fsp3) is 0.600. The van der Waals surface area contributed by atoms with Gasteiger partial charge in [-0.1, -0.05) is 15.9 Å². The van der Waals surface area contributed by atoms with E-state index in [4.69, 9.17) is 0 Å². The first-order valence-electron chi connectivity index (χ1n) is 7.03. The molecule has 1 saturated heterocycles. The number of nitrogens with one attached hydrogen (secondary N) is 2. The molecule has 0 aromatic heterocycles. The average molecular weight is 326 g/mol. The van der Waals surface area contributed by atoms with Gasteiger partial charge in [-0.05, 0) is 44.5 Å². The van der Waals surface area contributed by atoms with Crippen molar-refractivity contribution >= 4 is 21.6 Å². The Morgan fingerprint density at radius 2 is 1.84 bits per heavy atom. The third kappa shape index (κ3) is 4.48. The first-order valence-corrected chi connectivity index (χ1v) is 7.82. The molecule has 0 saturated carbocycles. The van der Waals surface area contributed by atoms with Gasteiger partial charge in [0.2, 0.25) is 0 Å². The largest absolute Gasteiger partial charge is 0.385 e. The van der Waals surface area contributed by atoms with Crippen LogP contribution in [-0.4, -0.2) is 43.2 Å². The van der Waals surface area contributed by atoms with E-state index in [0.29, 0.717) is 0 Å². The number of benzene rings is 1. The van der Waals surface area contributed by atoms with Crippen molar-refractivity contribution in [3.05, 3.63) is 28.7 Å². The van der Waals surface area contributed by atoms with E-state index in [9.17, 15) is 0 Å². The van der Waals surface area contributed by atoms with Crippen LogP contribution in [0.1, 0.15) is 20.3 Å². The molecule has 4 heteroatoms. The molecule has 0 bridgehead atoms. The van der Waals surface area contributed by atoms with Gasteiger partial charge in [-0.2, -0.15) is 0 Å². The highest BCUT2D eigenvalue weighted by Crippen LogP contribution is 2.20. The predicted octanol–water partition coefficient (Wildman–Crippen LogP) is 2.93. The van der Waals surface area contributed by atoms with Gasteiger partial charge in [0, 0.05) is 48.4 Å². The van der Waals surface area contributed by atoms with Crippen LogP contribution in [0.5, 0.6) is 0 Å². The van der Waals surface area contributed by atoms with Crippen molar-refractivity contribution in [2.24, 2.45) is 0 Å². The van der Waals surface area contributed by atoms with Gasteiger partial charge < -0.3 is 10.6 Å². The van der Waals surface area contributed by atoms with Gasteiger partial charge in [-0.15, -0.1) is 0 Å². The van der Waals surface area contributed by atoms with Gasteiger partial charge in [0.1, 0.15) is 0 Å². The van der Waals surface area contributed by atoms with Crippen LogP contribution in [0.2, 0.25) is 0 Å². The molecule has 2 N–H and O–H groups in total. The highest BCUT2D eigenvalue weighted by Gasteiger charge is 2.27. The minimum atomic E-state index is 0.268. The van der Waals surface area contributed by atoms with Gasteiger partial charge in [-0.25, -0.2) is 0 Å². The minimum Gasteiger partial charge on any atom is -0.385 e. The van der Waals surface area contributed by atoms with Gasteiger partial charge in [0.15, 0.2) is 0 Å². The molecule has 3 nitrogen and oxygen atoms in total. The van der Waals surface area contributed by atoms with Crippen LogP contribution in [0.4, 0.5) is 5.69 Å². The quantitative estimate of drug-likeness (QED) is 0.871. The molecular formula is C15H24BrN3. The first-order chi connectivity index (χ1) is 9.08. The number of hydrogen-bond donors (Lipinski definition) is 2. The Morgan fingerprint density at radius 1 is 1.21 bits per heavy atom. The monoisotopic (exact) mass is 325 g/mol. The van der Waals surface area contributed by atoms with Crippen molar-refractivity contribution in [1.82, 2.24) is 10.2 Å². The normalized spacial score (nSPS) is 17.4. The third-order valence-electron chi connectivity index (χ3n) is 3.88.